The van der Waals surface area contributed by atoms with Crippen LogP contribution >= 0.6 is 0 Å². The molecule has 4 heteroatoms. The van der Waals surface area contributed by atoms with Crippen LogP contribution in [0.15, 0.2) is 36.7 Å². The predicted octanol–water partition coefficient (Wildman–Crippen LogP) is 2.67. The molecule has 0 aliphatic carbocycles. The number of benzene rings is 1. The van der Waals surface area contributed by atoms with Crippen molar-refractivity contribution in [2.24, 2.45) is 13.0 Å². The maximum absolute atomic E-state index is 10.5. The van der Waals surface area contributed by atoms with Gasteiger partial charge >= 0.3 is 0 Å². The Labute approximate surface area is 132 Å². The lowest BCUT2D eigenvalue weighted by Crippen LogP contribution is -2.35. The maximum Gasteiger partial charge on any atom is 0.137 e. The SMILES string of the molecule is Cc1cccc(CN2CCC(C(O)c3nccn3C)CC2)c1. The second-order valence-electron chi connectivity index (χ2n) is 6.44. The lowest BCUT2D eigenvalue weighted by Gasteiger charge is -2.34. The van der Waals surface area contributed by atoms with E-state index in [0.717, 1.165) is 38.3 Å². The van der Waals surface area contributed by atoms with E-state index in [9.17, 15) is 5.11 Å². The highest BCUT2D eigenvalue weighted by atomic mass is 16.3. The van der Waals surface area contributed by atoms with E-state index in [1.165, 1.54) is 11.1 Å². The molecule has 1 fully saturated rings. The van der Waals surface area contributed by atoms with Gasteiger partial charge in [-0.3, -0.25) is 4.90 Å². The van der Waals surface area contributed by atoms with E-state index in [-0.39, 0.29) is 0 Å². The number of aryl methyl sites for hydroxylation is 2. The van der Waals surface area contributed by atoms with Gasteiger partial charge in [0.05, 0.1) is 0 Å². The quantitative estimate of drug-likeness (QED) is 0.943. The molecule has 118 valence electrons. The van der Waals surface area contributed by atoms with Crippen LogP contribution in [0.25, 0.3) is 0 Å². The lowest BCUT2D eigenvalue weighted by atomic mass is 9.90. The number of likely N-dealkylation sites (tertiary alicyclic amines) is 1. The highest BCUT2D eigenvalue weighted by Crippen LogP contribution is 2.30. The first-order valence-electron chi connectivity index (χ1n) is 8.06. The van der Waals surface area contributed by atoms with Gasteiger partial charge in [0, 0.05) is 26.0 Å². The lowest BCUT2D eigenvalue weighted by molar-refractivity contribution is 0.0492. The Morgan fingerprint density at radius 2 is 2.09 bits per heavy atom. The van der Waals surface area contributed by atoms with Crippen molar-refractivity contribution < 1.29 is 5.11 Å². The summed E-state index contributed by atoms with van der Waals surface area (Å²) in [5, 5.41) is 10.5. The van der Waals surface area contributed by atoms with E-state index in [1.54, 1.807) is 6.20 Å². The summed E-state index contributed by atoms with van der Waals surface area (Å²) in [6.45, 7) is 5.23. The van der Waals surface area contributed by atoms with Crippen LogP contribution in [0, 0.1) is 12.8 Å². The Balaban J connectivity index is 1.55. The fourth-order valence-corrected chi connectivity index (χ4v) is 3.37. The molecule has 0 saturated carbocycles. The van der Waals surface area contributed by atoms with Crippen molar-refractivity contribution in [3.63, 3.8) is 0 Å². The molecule has 2 aromatic rings. The standard InChI is InChI=1S/C18H25N3O/c1-14-4-3-5-15(12-14)13-21-9-6-16(7-10-21)17(22)18-19-8-11-20(18)2/h3-5,8,11-12,16-17,22H,6-7,9-10,13H2,1-2H3. The second kappa shape index (κ2) is 6.63. The van der Waals surface area contributed by atoms with E-state index in [4.69, 9.17) is 0 Å². The van der Waals surface area contributed by atoms with Gasteiger partial charge in [-0.15, -0.1) is 0 Å². The van der Waals surface area contributed by atoms with Crippen molar-refractivity contribution >= 4 is 0 Å². The number of imidazole rings is 1. The molecule has 1 atom stereocenters. The van der Waals surface area contributed by atoms with Crippen LogP contribution in [0.5, 0.6) is 0 Å². The third kappa shape index (κ3) is 3.39. The number of hydrogen-bond acceptors (Lipinski definition) is 3. The molecule has 0 bridgehead atoms. The second-order valence-corrected chi connectivity index (χ2v) is 6.44. The van der Waals surface area contributed by atoms with E-state index < -0.39 is 6.10 Å². The zero-order valence-electron chi connectivity index (χ0n) is 13.4. The van der Waals surface area contributed by atoms with Gasteiger partial charge in [-0.05, 0) is 44.3 Å². The van der Waals surface area contributed by atoms with Crippen LogP contribution in [0.3, 0.4) is 0 Å². The molecule has 1 N–H and O–H groups in total. The van der Waals surface area contributed by atoms with E-state index in [2.05, 4.69) is 41.1 Å². The summed E-state index contributed by atoms with van der Waals surface area (Å²) in [5.74, 6) is 1.10. The van der Waals surface area contributed by atoms with Gasteiger partial charge in [-0.2, -0.15) is 0 Å². The number of piperidine rings is 1. The molecule has 0 amide bonds. The fourth-order valence-electron chi connectivity index (χ4n) is 3.37. The largest absolute Gasteiger partial charge is 0.385 e. The highest BCUT2D eigenvalue weighted by Gasteiger charge is 2.28. The molecule has 1 aromatic heterocycles. The molecular weight excluding hydrogens is 274 g/mol. The number of aromatic nitrogens is 2. The van der Waals surface area contributed by atoms with Crippen LogP contribution in [0.2, 0.25) is 0 Å². The molecule has 22 heavy (non-hydrogen) atoms. The van der Waals surface area contributed by atoms with Crippen LogP contribution in [-0.4, -0.2) is 32.6 Å². The average molecular weight is 299 g/mol. The Morgan fingerprint density at radius 1 is 1.32 bits per heavy atom. The van der Waals surface area contributed by atoms with Crippen molar-refractivity contribution in [1.82, 2.24) is 14.5 Å². The first kappa shape index (κ1) is 15.3. The van der Waals surface area contributed by atoms with Crippen LogP contribution in [0.1, 0.15) is 35.9 Å². The summed E-state index contributed by atoms with van der Waals surface area (Å²) >= 11 is 0. The molecule has 1 saturated heterocycles. The smallest absolute Gasteiger partial charge is 0.137 e. The number of rotatable bonds is 4. The van der Waals surface area contributed by atoms with E-state index >= 15 is 0 Å². The fraction of sp³-hybridized carbons (Fsp3) is 0.500. The first-order chi connectivity index (χ1) is 10.6. The Morgan fingerprint density at radius 3 is 2.73 bits per heavy atom. The summed E-state index contributed by atoms with van der Waals surface area (Å²) in [7, 11) is 1.94. The third-order valence-electron chi connectivity index (χ3n) is 4.69. The molecule has 1 unspecified atom stereocenters. The minimum atomic E-state index is -0.443. The number of aliphatic hydroxyl groups is 1. The summed E-state index contributed by atoms with van der Waals surface area (Å²) in [6, 6.07) is 8.72. The molecule has 4 nitrogen and oxygen atoms in total. The minimum absolute atomic E-state index is 0.315. The first-order valence-corrected chi connectivity index (χ1v) is 8.06. The molecular formula is C18H25N3O. The van der Waals surface area contributed by atoms with E-state index in [1.807, 2.05) is 17.8 Å². The van der Waals surface area contributed by atoms with Crippen molar-refractivity contribution in [3.8, 4) is 0 Å². The third-order valence-corrected chi connectivity index (χ3v) is 4.69. The van der Waals surface area contributed by atoms with Gasteiger partial charge in [0.15, 0.2) is 0 Å². The van der Waals surface area contributed by atoms with Gasteiger partial charge in [-0.1, -0.05) is 29.8 Å². The van der Waals surface area contributed by atoms with Gasteiger partial charge < -0.3 is 9.67 Å². The molecule has 0 radical (unpaired) electrons. The Kier molecular flexibility index (Phi) is 4.60. The number of aliphatic hydroxyl groups excluding tert-OH is 1. The summed E-state index contributed by atoms with van der Waals surface area (Å²) in [5.41, 5.74) is 2.70. The molecule has 1 aromatic carbocycles. The van der Waals surface area contributed by atoms with E-state index in [0.29, 0.717) is 5.92 Å². The van der Waals surface area contributed by atoms with Crippen LogP contribution in [-0.2, 0) is 13.6 Å². The molecule has 2 heterocycles. The number of nitrogens with zero attached hydrogens (tertiary/aromatic N) is 3. The maximum atomic E-state index is 10.5. The van der Waals surface area contributed by atoms with Crippen LogP contribution in [0.4, 0.5) is 0 Å². The van der Waals surface area contributed by atoms with Gasteiger partial charge in [0.1, 0.15) is 11.9 Å². The van der Waals surface area contributed by atoms with Crippen molar-refractivity contribution in [1.29, 1.82) is 0 Å². The van der Waals surface area contributed by atoms with Crippen molar-refractivity contribution in [3.05, 3.63) is 53.6 Å². The highest BCUT2D eigenvalue weighted by molar-refractivity contribution is 5.22. The Bertz CT molecular complexity index is 614. The monoisotopic (exact) mass is 299 g/mol. The zero-order chi connectivity index (χ0) is 15.5. The Hall–Kier alpha value is -1.65. The average Bonchev–Trinajstić information content (AvgIpc) is 2.93. The summed E-state index contributed by atoms with van der Waals surface area (Å²) in [6.07, 6.45) is 5.26. The normalized spacial score (nSPS) is 18.5. The number of hydrogen-bond donors (Lipinski definition) is 1. The molecule has 1 aliphatic heterocycles. The van der Waals surface area contributed by atoms with Gasteiger partial charge in [0.2, 0.25) is 0 Å². The zero-order valence-corrected chi connectivity index (χ0v) is 13.4. The van der Waals surface area contributed by atoms with Crippen molar-refractivity contribution in [2.45, 2.75) is 32.4 Å². The summed E-state index contributed by atoms with van der Waals surface area (Å²) < 4.78 is 1.92. The molecule has 3 rings (SSSR count). The molecule has 0 spiro atoms. The minimum Gasteiger partial charge on any atom is -0.385 e. The molecule has 1 aliphatic rings. The predicted molar refractivity (Wildman–Crippen MR) is 87.3 cm³/mol. The summed E-state index contributed by atoms with van der Waals surface area (Å²) in [4.78, 5) is 6.77. The topological polar surface area (TPSA) is 41.3 Å². The van der Waals surface area contributed by atoms with Crippen molar-refractivity contribution in [2.75, 3.05) is 13.1 Å². The van der Waals surface area contributed by atoms with Gasteiger partial charge in [0.25, 0.3) is 0 Å². The van der Waals surface area contributed by atoms with Crippen LogP contribution < -0.4 is 0 Å². The van der Waals surface area contributed by atoms with Gasteiger partial charge in [-0.25, -0.2) is 4.98 Å².